The molecule has 0 spiro atoms. The van der Waals surface area contributed by atoms with Crippen LogP contribution < -0.4 is 0 Å². The van der Waals surface area contributed by atoms with Crippen molar-refractivity contribution in [2.75, 3.05) is 13.2 Å². The fourth-order valence-electron chi connectivity index (χ4n) is 0.814. The normalized spacial score (nSPS) is 11.3. The van der Waals surface area contributed by atoms with Gasteiger partial charge in [-0.1, -0.05) is 13.5 Å². The summed E-state index contributed by atoms with van der Waals surface area (Å²) < 4.78 is 14.5. The zero-order valence-electron chi connectivity index (χ0n) is 9.02. The van der Waals surface area contributed by atoms with Gasteiger partial charge in [0.15, 0.2) is 6.10 Å². The zero-order chi connectivity index (χ0) is 11.7. The van der Waals surface area contributed by atoms with Crippen LogP contribution in [0.25, 0.3) is 0 Å². The van der Waals surface area contributed by atoms with Crippen LogP contribution in [-0.4, -0.2) is 31.3 Å². The van der Waals surface area contributed by atoms with Crippen LogP contribution in [0.15, 0.2) is 12.8 Å². The Labute approximate surface area is 89.0 Å². The fourth-order valence-corrected chi connectivity index (χ4v) is 0.814. The van der Waals surface area contributed by atoms with Gasteiger partial charge in [0.25, 0.3) is 0 Å². The summed E-state index contributed by atoms with van der Waals surface area (Å²) in [6, 6.07) is 0. The maximum atomic E-state index is 10.9. The highest BCUT2D eigenvalue weighted by molar-refractivity contribution is 5.69. The number of ether oxygens (including phenoxy) is 3. The number of hydrogen-bond acceptors (Lipinski definition) is 5. The maximum absolute atomic E-state index is 10.9. The number of hydrogen-bond donors (Lipinski definition) is 0. The largest absolute Gasteiger partial charge is 0.498 e. The maximum Gasteiger partial charge on any atom is 0.305 e. The summed E-state index contributed by atoms with van der Waals surface area (Å²) >= 11 is 0. The molecule has 0 saturated carbocycles. The van der Waals surface area contributed by atoms with Gasteiger partial charge in [-0.05, 0) is 0 Å². The van der Waals surface area contributed by atoms with E-state index in [0.29, 0.717) is 0 Å². The SMILES string of the molecule is C=COCC(COC(=O)CC)OC(C)=O. The molecule has 86 valence electrons. The van der Waals surface area contributed by atoms with Crippen LogP contribution >= 0.6 is 0 Å². The van der Waals surface area contributed by atoms with E-state index in [-0.39, 0.29) is 25.6 Å². The van der Waals surface area contributed by atoms with E-state index in [1.807, 2.05) is 0 Å². The minimum absolute atomic E-state index is 0.0000926. The Morgan fingerprint density at radius 2 is 2.07 bits per heavy atom. The summed E-state index contributed by atoms with van der Waals surface area (Å²) in [6.07, 6.45) is 0.934. The third-order valence-electron chi connectivity index (χ3n) is 1.45. The highest BCUT2D eigenvalue weighted by atomic mass is 16.6. The first kappa shape index (κ1) is 13.5. The monoisotopic (exact) mass is 216 g/mol. The van der Waals surface area contributed by atoms with Crippen molar-refractivity contribution in [2.45, 2.75) is 26.4 Å². The Hall–Kier alpha value is -1.52. The molecule has 5 heteroatoms. The van der Waals surface area contributed by atoms with Crippen molar-refractivity contribution in [3.05, 3.63) is 12.8 Å². The molecule has 0 amide bonds. The van der Waals surface area contributed by atoms with Crippen molar-refractivity contribution >= 4 is 11.9 Å². The average Bonchev–Trinajstić information content (AvgIpc) is 2.20. The van der Waals surface area contributed by atoms with E-state index < -0.39 is 12.1 Å². The van der Waals surface area contributed by atoms with Crippen molar-refractivity contribution in [3.8, 4) is 0 Å². The molecule has 0 radical (unpaired) electrons. The summed E-state index contributed by atoms with van der Waals surface area (Å²) in [6.45, 7) is 6.44. The number of carbonyl (C=O) groups is 2. The summed E-state index contributed by atoms with van der Waals surface area (Å²) in [5.41, 5.74) is 0. The van der Waals surface area contributed by atoms with Gasteiger partial charge in [0.1, 0.15) is 13.2 Å². The number of esters is 2. The first-order chi connectivity index (χ1) is 7.10. The van der Waals surface area contributed by atoms with E-state index in [1.165, 1.54) is 13.2 Å². The van der Waals surface area contributed by atoms with Crippen LogP contribution in [0.5, 0.6) is 0 Å². The molecule has 0 bridgehead atoms. The molecule has 0 aromatic heterocycles. The molecule has 0 rings (SSSR count). The molecular weight excluding hydrogens is 200 g/mol. The summed E-state index contributed by atoms with van der Waals surface area (Å²) in [4.78, 5) is 21.5. The van der Waals surface area contributed by atoms with E-state index in [0.717, 1.165) is 0 Å². The highest BCUT2D eigenvalue weighted by Crippen LogP contribution is 1.98. The minimum Gasteiger partial charge on any atom is -0.498 e. The molecule has 0 aliphatic carbocycles. The lowest BCUT2D eigenvalue weighted by Gasteiger charge is -2.16. The second kappa shape index (κ2) is 7.84. The Morgan fingerprint density at radius 3 is 2.53 bits per heavy atom. The molecule has 5 nitrogen and oxygen atoms in total. The van der Waals surface area contributed by atoms with E-state index in [2.05, 4.69) is 6.58 Å². The minimum atomic E-state index is -0.587. The standard InChI is InChI=1S/C10H16O5/c1-4-10(12)14-7-9(6-13-5-2)15-8(3)11/h5,9H,2,4,6-7H2,1,3H3. The van der Waals surface area contributed by atoms with Crippen LogP contribution in [0.2, 0.25) is 0 Å². The predicted octanol–water partition coefficient (Wildman–Crippen LogP) is 1.03. The van der Waals surface area contributed by atoms with Gasteiger partial charge < -0.3 is 14.2 Å². The van der Waals surface area contributed by atoms with Crippen LogP contribution in [0.4, 0.5) is 0 Å². The fraction of sp³-hybridized carbons (Fsp3) is 0.600. The molecule has 0 saturated heterocycles. The van der Waals surface area contributed by atoms with E-state index >= 15 is 0 Å². The van der Waals surface area contributed by atoms with Gasteiger partial charge >= 0.3 is 11.9 Å². The third kappa shape index (κ3) is 7.54. The Morgan fingerprint density at radius 1 is 1.40 bits per heavy atom. The number of carbonyl (C=O) groups excluding carboxylic acids is 2. The molecule has 1 atom stereocenters. The van der Waals surface area contributed by atoms with Crippen molar-refractivity contribution in [1.82, 2.24) is 0 Å². The molecule has 15 heavy (non-hydrogen) atoms. The second-order valence-corrected chi connectivity index (χ2v) is 2.77. The number of rotatable bonds is 7. The van der Waals surface area contributed by atoms with Crippen LogP contribution in [-0.2, 0) is 23.8 Å². The molecule has 0 aliphatic heterocycles. The lowest BCUT2D eigenvalue weighted by atomic mass is 10.4. The van der Waals surface area contributed by atoms with Gasteiger partial charge in [0.2, 0.25) is 0 Å². The van der Waals surface area contributed by atoms with Gasteiger partial charge in [-0.2, -0.15) is 0 Å². The molecule has 0 aromatic rings. The van der Waals surface area contributed by atoms with Gasteiger partial charge in [-0.15, -0.1) is 0 Å². The molecule has 0 heterocycles. The predicted molar refractivity (Wildman–Crippen MR) is 53.0 cm³/mol. The summed E-state index contributed by atoms with van der Waals surface area (Å²) in [5.74, 6) is -0.786. The highest BCUT2D eigenvalue weighted by Gasteiger charge is 2.14. The van der Waals surface area contributed by atoms with Gasteiger partial charge in [-0.3, -0.25) is 9.59 Å². The molecule has 0 N–H and O–H groups in total. The molecule has 0 aliphatic rings. The lowest BCUT2D eigenvalue weighted by molar-refractivity contribution is -0.159. The first-order valence-corrected chi connectivity index (χ1v) is 4.65. The average molecular weight is 216 g/mol. The van der Waals surface area contributed by atoms with Crippen LogP contribution in [0, 0.1) is 0 Å². The Bertz CT molecular complexity index is 224. The smallest absolute Gasteiger partial charge is 0.305 e. The topological polar surface area (TPSA) is 61.8 Å². The van der Waals surface area contributed by atoms with E-state index in [1.54, 1.807) is 6.92 Å². The lowest BCUT2D eigenvalue weighted by Crippen LogP contribution is -2.28. The second-order valence-electron chi connectivity index (χ2n) is 2.77. The Balaban J connectivity index is 3.93. The first-order valence-electron chi connectivity index (χ1n) is 4.65. The van der Waals surface area contributed by atoms with Crippen molar-refractivity contribution < 1.29 is 23.8 Å². The molecule has 0 aromatic carbocycles. The van der Waals surface area contributed by atoms with Crippen LogP contribution in [0.3, 0.4) is 0 Å². The Kier molecular flexibility index (Phi) is 7.05. The van der Waals surface area contributed by atoms with E-state index in [4.69, 9.17) is 14.2 Å². The zero-order valence-corrected chi connectivity index (χ0v) is 9.02. The van der Waals surface area contributed by atoms with Gasteiger partial charge in [0.05, 0.1) is 6.26 Å². The summed E-state index contributed by atoms with van der Waals surface area (Å²) in [5, 5.41) is 0. The van der Waals surface area contributed by atoms with E-state index in [9.17, 15) is 9.59 Å². The van der Waals surface area contributed by atoms with Gasteiger partial charge in [0, 0.05) is 13.3 Å². The van der Waals surface area contributed by atoms with Crippen molar-refractivity contribution in [3.63, 3.8) is 0 Å². The summed E-state index contributed by atoms with van der Waals surface area (Å²) in [7, 11) is 0. The quantitative estimate of drug-likeness (QED) is 0.470. The molecule has 0 fully saturated rings. The van der Waals surface area contributed by atoms with Crippen LogP contribution in [0.1, 0.15) is 20.3 Å². The van der Waals surface area contributed by atoms with Crippen molar-refractivity contribution in [2.24, 2.45) is 0 Å². The molecular formula is C10H16O5. The molecule has 1 unspecified atom stereocenters. The van der Waals surface area contributed by atoms with Gasteiger partial charge in [-0.25, -0.2) is 0 Å². The third-order valence-corrected chi connectivity index (χ3v) is 1.45. The van der Waals surface area contributed by atoms with Crippen molar-refractivity contribution in [1.29, 1.82) is 0 Å².